The van der Waals surface area contributed by atoms with Crippen LogP contribution < -0.4 is 0 Å². The highest BCUT2D eigenvalue weighted by molar-refractivity contribution is 5.80. The molecule has 0 bridgehead atoms. The summed E-state index contributed by atoms with van der Waals surface area (Å²) in [5.74, 6) is 2.20. The molecule has 1 aromatic heterocycles. The number of hydrogen-bond donors (Lipinski definition) is 0. The van der Waals surface area contributed by atoms with E-state index < -0.39 is 0 Å². The van der Waals surface area contributed by atoms with E-state index in [1.165, 1.54) is 19.3 Å². The highest BCUT2D eigenvalue weighted by Crippen LogP contribution is 2.24. The average Bonchev–Trinajstić information content (AvgIpc) is 2.76. The molecular weight excluding hydrogens is 332 g/mol. The highest BCUT2D eigenvalue weighted by Gasteiger charge is 2.18. The Morgan fingerprint density at radius 2 is 1.52 bits per heavy atom. The predicted molar refractivity (Wildman–Crippen MR) is 115 cm³/mol. The minimum absolute atomic E-state index is 0.384. The minimum atomic E-state index is 0.384. The van der Waals surface area contributed by atoms with Gasteiger partial charge in [0.05, 0.1) is 0 Å². The molecule has 3 nitrogen and oxygen atoms in total. The molecule has 1 fully saturated rings. The van der Waals surface area contributed by atoms with E-state index in [1.807, 2.05) is 51.4 Å². The van der Waals surface area contributed by atoms with Crippen molar-refractivity contribution in [1.29, 1.82) is 0 Å². The molecule has 1 saturated carbocycles. The van der Waals surface area contributed by atoms with E-state index in [-0.39, 0.29) is 0 Å². The van der Waals surface area contributed by atoms with Crippen molar-refractivity contribution in [2.24, 2.45) is 5.92 Å². The van der Waals surface area contributed by atoms with Gasteiger partial charge in [-0.3, -0.25) is 4.79 Å². The Bertz CT molecular complexity index is 629. The van der Waals surface area contributed by atoms with Crippen LogP contribution in [0.15, 0.2) is 42.7 Å². The second-order valence-electron chi connectivity index (χ2n) is 7.01. The summed E-state index contributed by atoms with van der Waals surface area (Å²) in [6.07, 6.45) is 10.7. The zero-order valence-corrected chi connectivity index (χ0v) is 17.7. The van der Waals surface area contributed by atoms with Gasteiger partial charge in [0.25, 0.3) is 0 Å². The number of ketones is 1. The van der Waals surface area contributed by atoms with Crippen LogP contribution in [0.2, 0.25) is 0 Å². The molecule has 0 amide bonds. The molecule has 0 radical (unpaired) electrons. The molecule has 2 aromatic rings. The Hall–Kier alpha value is -2.03. The van der Waals surface area contributed by atoms with E-state index >= 15 is 0 Å². The van der Waals surface area contributed by atoms with Gasteiger partial charge in [0.2, 0.25) is 0 Å². The first-order valence-corrected chi connectivity index (χ1v) is 10.5. The number of aromatic nitrogens is 2. The maximum Gasteiger partial charge on any atom is 0.135 e. The van der Waals surface area contributed by atoms with Crippen molar-refractivity contribution in [1.82, 2.24) is 9.97 Å². The number of carbonyl (C=O) groups is 1. The Kier molecular flexibility index (Phi) is 11.2. The minimum Gasteiger partial charge on any atom is -0.299 e. The Balaban J connectivity index is 0.000000265. The molecule has 1 heterocycles. The van der Waals surface area contributed by atoms with Crippen molar-refractivity contribution in [3.05, 3.63) is 48.5 Å². The lowest BCUT2D eigenvalue weighted by Crippen LogP contribution is -2.16. The van der Waals surface area contributed by atoms with Gasteiger partial charge in [0.1, 0.15) is 11.6 Å². The Morgan fingerprint density at radius 1 is 0.963 bits per heavy atom. The van der Waals surface area contributed by atoms with Gasteiger partial charge in [-0.2, -0.15) is 0 Å². The molecule has 0 unspecified atom stereocenters. The van der Waals surface area contributed by atoms with Crippen LogP contribution in [0.1, 0.15) is 84.9 Å². The fraction of sp³-hybridized carbons (Fsp3) is 0.542. The largest absolute Gasteiger partial charge is 0.299 e. The number of Topliss-reactive ketones (excluding diaryl/α,β-unsaturated/α-hetero) is 1. The van der Waals surface area contributed by atoms with Crippen molar-refractivity contribution >= 4 is 5.78 Å². The quantitative estimate of drug-likeness (QED) is 0.593. The van der Waals surface area contributed by atoms with Gasteiger partial charge in [-0.05, 0) is 18.4 Å². The molecule has 148 valence electrons. The molecule has 0 aliphatic heterocycles. The van der Waals surface area contributed by atoms with Gasteiger partial charge in [-0.1, -0.05) is 84.2 Å². The average molecular weight is 369 g/mol. The second-order valence-corrected chi connectivity index (χ2v) is 7.01. The summed E-state index contributed by atoms with van der Waals surface area (Å²) >= 11 is 0. The number of hydrogen-bond acceptors (Lipinski definition) is 3. The molecular formula is C24H36N2O. The SMILES string of the molecule is CC.CC(C)c1ncc(-c2ccccc2)cn1.CCC(=O)C1CCCCC1. The first-order chi connectivity index (χ1) is 13.1. The third-order valence-electron chi connectivity index (χ3n) is 4.70. The summed E-state index contributed by atoms with van der Waals surface area (Å²) in [7, 11) is 0. The van der Waals surface area contributed by atoms with E-state index in [9.17, 15) is 4.79 Å². The summed E-state index contributed by atoms with van der Waals surface area (Å²) in [6, 6.07) is 10.2. The monoisotopic (exact) mass is 368 g/mol. The van der Waals surface area contributed by atoms with Crippen LogP contribution in [-0.2, 0) is 4.79 Å². The number of nitrogens with zero attached hydrogens (tertiary/aromatic N) is 2. The molecule has 0 atom stereocenters. The maximum atomic E-state index is 11.2. The fourth-order valence-corrected chi connectivity index (χ4v) is 3.13. The van der Waals surface area contributed by atoms with Gasteiger partial charge in [-0.15, -0.1) is 0 Å². The van der Waals surface area contributed by atoms with Crippen LogP contribution >= 0.6 is 0 Å². The number of carbonyl (C=O) groups excluding carboxylic acids is 1. The topological polar surface area (TPSA) is 42.9 Å². The van der Waals surface area contributed by atoms with E-state index in [1.54, 1.807) is 0 Å². The van der Waals surface area contributed by atoms with Gasteiger partial charge >= 0.3 is 0 Å². The molecule has 1 aliphatic carbocycles. The lowest BCUT2D eigenvalue weighted by atomic mass is 9.85. The van der Waals surface area contributed by atoms with Crippen LogP contribution in [0.4, 0.5) is 0 Å². The number of rotatable bonds is 4. The molecule has 1 aliphatic rings. The predicted octanol–water partition coefficient (Wildman–Crippen LogP) is 6.84. The molecule has 0 N–H and O–H groups in total. The Labute approximate surface area is 165 Å². The number of benzene rings is 1. The molecule has 27 heavy (non-hydrogen) atoms. The normalized spacial score (nSPS) is 13.9. The molecule has 0 saturated heterocycles. The molecule has 3 rings (SSSR count). The fourth-order valence-electron chi connectivity index (χ4n) is 3.13. The van der Waals surface area contributed by atoms with Gasteiger partial charge in [0.15, 0.2) is 0 Å². The summed E-state index contributed by atoms with van der Waals surface area (Å²) < 4.78 is 0. The van der Waals surface area contributed by atoms with Crippen LogP contribution in [0.25, 0.3) is 11.1 Å². The smallest absolute Gasteiger partial charge is 0.135 e. The lowest BCUT2D eigenvalue weighted by Gasteiger charge is -2.19. The van der Waals surface area contributed by atoms with Crippen molar-refractivity contribution < 1.29 is 4.79 Å². The van der Waals surface area contributed by atoms with Crippen molar-refractivity contribution in [3.8, 4) is 11.1 Å². The van der Waals surface area contributed by atoms with Gasteiger partial charge in [0, 0.05) is 36.2 Å². The molecule has 1 aromatic carbocycles. The van der Waals surface area contributed by atoms with E-state index in [0.29, 0.717) is 17.6 Å². The summed E-state index contributed by atoms with van der Waals surface area (Å²) in [5, 5.41) is 0. The summed E-state index contributed by atoms with van der Waals surface area (Å²) in [4.78, 5) is 19.9. The van der Waals surface area contributed by atoms with E-state index in [0.717, 1.165) is 36.2 Å². The van der Waals surface area contributed by atoms with Gasteiger partial charge < -0.3 is 0 Å². The molecule has 3 heteroatoms. The van der Waals surface area contributed by atoms with Crippen LogP contribution in [0.3, 0.4) is 0 Å². The zero-order valence-electron chi connectivity index (χ0n) is 17.7. The maximum absolute atomic E-state index is 11.2. The van der Waals surface area contributed by atoms with Crippen molar-refractivity contribution in [2.45, 2.75) is 79.1 Å². The zero-order chi connectivity index (χ0) is 20.1. The van der Waals surface area contributed by atoms with E-state index in [4.69, 9.17) is 0 Å². The summed E-state index contributed by atoms with van der Waals surface area (Å²) in [6.45, 7) is 10.2. The van der Waals surface area contributed by atoms with Crippen molar-refractivity contribution in [2.75, 3.05) is 0 Å². The third-order valence-corrected chi connectivity index (χ3v) is 4.70. The van der Waals surface area contributed by atoms with Crippen LogP contribution in [0.5, 0.6) is 0 Å². The lowest BCUT2D eigenvalue weighted by molar-refractivity contribution is -0.123. The van der Waals surface area contributed by atoms with Crippen LogP contribution in [-0.4, -0.2) is 15.8 Å². The van der Waals surface area contributed by atoms with Gasteiger partial charge in [-0.25, -0.2) is 9.97 Å². The third kappa shape index (κ3) is 8.03. The highest BCUT2D eigenvalue weighted by atomic mass is 16.1. The van der Waals surface area contributed by atoms with Crippen molar-refractivity contribution in [3.63, 3.8) is 0 Å². The first kappa shape index (κ1) is 23.0. The van der Waals surface area contributed by atoms with Crippen LogP contribution in [0, 0.1) is 5.92 Å². The summed E-state index contributed by atoms with van der Waals surface area (Å²) in [5.41, 5.74) is 2.23. The molecule has 0 spiro atoms. The standard InChI is InChI=1S/C13H14N2.C9H16O.C2H6/c1-10(2)13-14-8-12(9-15-13)11-6-4-3-5-7-11;1-2-9(10)8-6-4-3-5-7-8;1-2/h3-10H,1-2H3;8H,2-7H2,1H3;1-2H3. The van der Waals surface area contributed by atoms with E-state index in [2.05, 4.69) is 35.9 Å². The second kappa shape index (κ2) is 13.2. The first-order valence-electron chi connectivity index (χ1n) is 10.5. The Morgan fingerprint density at radius 3 is 2.00 bits per heavy atom.